The Morgan fingerprint density at radius 2 is 1.69 bits per heavy atom. The summed E-state index contributed by atoms with van der Waals surface area (Å²) >= 11 is 0. The third-order valence-electron chi connectivity index (χ3n) is 4.01. The molecule has 0 aliphatic carbocycles. The average molecular weight is 349 g/mol. The number of hydrogen-bond acceptors (Lipinski definition) is 4. The first-order chi connectivity index (χ1) is 12.5. The highest BCUT2D eigenvalue weighted by Gasteiger charge is 2.17. The highest BCUT2D eigenvalue weighted by atomic mass is 16.4. The minimum atomic E-state index is -0.666. The van der Waals surface area contributed by atoms with Crippen LogP contribution in [-0.2, 0) is 6.42 Å². The van der Waals surface area contributed by atoms with Gasteiger partial charge in [-0.05, 0) is 30.0 Å². The van der Waals surface area contributed by atoms with E-state index in [9.17, 15) is 14.7 Å². The molecule has 0 spiro atoms. The number of carbonyl (C=O) groups excluding carboxylic acids is 1. The maximum Gasteiger partial charge on any atom is 0.291 e. The fourth-order valence-electron chi connectivity index (χ4n) is 2.65. The summed E-state index contributed by atoms with van der Waals surface area (Å²) in [7, 11) is 0. The van der Waals surface area contributed by atoms with Crippen molar-refractivity contribution >= 4 is 5.91 Å². The summed E-state index contributed by atoms with van der Waals surface area (Å²) in [6.45, 7) is 1.91. The molecule has 0 aliphatic rings. The summed E-state index contributed by atoms with van der Waals surface area (Å²) in [6, 6.07) is 19.3. The minimum absolute atomic E-state index is 0.273. The van der Waals surface area contributed by atoms with E-state index in [-0.39, 0.29) is 11.5 Å². The number of aryl methyl sites for hydroxylation is 1. The summed E-state index contributed by atoms with van der Waals surface area (Å²) in [5, 5.41) is 12.3. The predicted octanol–water partition coefficient (Wildman–Crippen LogP) is 3.29. The van der Waals surface area contributed by atoms with Gasteiger partial charge in [-0.3, -0.25) is 9.59 Å². The average Bonchev–Trinajstić information content (AvgIpc) is 2.66. The molecule has 3 aromatic rings. The normalized spacial score (nSPS) is 10.5. The molecule has 0 atom stereocenters. The monoisotopic (exact) mass is 349 g/mol. The van der Waals surface area contributed by atoms with Crippen molar-refractivity contribution < 1.29 is 14.3 Å². The van der Waals surface area contributed by atoms with Crippen LogP contribution in [0.15, 0.2) is 69.9 Å². The van der Waals surface area contributed by atoms with Gasteiger partial charge in [0, 0.05) is 12.6 Å². The number of amides is 1. The van der Waals surface area contributed by atoms with Crippen LogP contribution in [0.5, 0.6) is 5.75 Å². The fourth-order valence-corrected chi connectivity index (χ4v) is 2.65. The third kappa shape index (κ3) is 4.00. The number of aromatic hydroxyl groups is 1. The molecule has 0 saturated carbocycles. The van der Waals surface area contributed by atoms with Crippen LogP contribution in [-0.4, -0.2) is 17.6 Å². The molecule has 0 radical (unpaired) electrons. The second kappa shape index (κ2) is 7.70. The van der Waals surface area contributed by atoms with Crippen molar-refractivity contribution in [3.63, 3.8) is 0 Å². The van der Waals surface area contributed by atoms with Gasteiger partial charge in [0.25, 0.3) is 5.91 Å². The quantitative estimate of drug-likeness (QED) is 0.741. The Morgan fingerprint density at radius 1 is 1.04 bits per heavy atom. The van der Waals surface area contributed by atoms with Crippen molar-refractivity contribution in [1.82, 2.24) is 5.32 Å². The van der Waals surface area contributed by atoms with E-state index in [0.29, 0.717) is 13.0 Å². The molecular weight excluding hydrogens is 330 g/mol. The van der Waals surface area contributed by atoms with Crippen molar-refractivity contribution in [3.8, 4) is 16.9 Å². The Kier molecular flexibility index (Phi) is 5.17. The van der Waals surface area contributed by atoms with Crippen LogP contribution in [0.25, 0.3) is 11.1 Å². The zero-order chi connectivity index (χ0) is 18.5. The number of carbonyl (C=O) groups is 1. The van der Waals surface area contributed by atoms with E-state index in [1.807, 2.05) is 42.5 Å². The van der Waals surface area contributed by atoms with Crippen LogP contribution in [0.1, 0.15) is 21.9 Å². The van der Waals surface area contributed by atoms with E-state index < -0.39 is 17.1 Å². The van der Waals surface area contributed by atoms with Crippen molar-refractivity contribution in [3.05, 3.63) is 88.0 Å². The van der Waals surface area contributed by atoms with E-state index in [1.54, 1.807) is 6.92 Å². The Labute approximate surface area is 150 Å². The van der Waals surface area contributed by atoms with Crippen LogP contribution in [0.4, 0.5) is 0 Å². The van der Waals surface area contributed by atoms with Gasteiger partial charge in [-0.25, -0.2) is 0 Å². The molecule has 5 nitrogen and oxygen atoms in total. The van der Waals surface area contributed by atoms with E-state index >= 15 is 0 Å². The molecule has 0 fully saturated rings. The van der Waals surface area contributed by atoms with E-state index in [0.717, 1.165) is 22.8 Å². The van der Waals surface area contributed by atoms with Crippen LogP contribution in [0.3, 0.4) is 0 Å². The summed E-state index contributed by atoms with van der Waals surface area (Å²) in [5.41, 5.74) is 2.72. The van der Waals surface area contributed by atoms with Gasteiger partial charge in [-0.15, -0.1) is 0 Å². The molecule has 1 amide bonds. The van der Waals surface area contributed by atoms with Gasteiger partial charge in [0.05, 0.1) is 0 Å². The van der Waals surface area contributed by atoms with Gasteiger partial charge in [-0.2, -0.15) is 0 Å². The number of nitrogens with one attached hydrogen (secondary N) is 1. The van der Waals surface area contributed by atoms with Gasteiger partial charge in [0.15, 0.2) is 0 Å². The first-order valence-electron chi connectivity index (χ1n) is 8.31. The van der Waals surface area contributed by atoms with E-state index in [4.69, 9.17) is 4.42 Å². The molecule has 2 N–H and O–H groups in total. The third-order valence-corrected chi connectivity index (χ3v) is 4.01. The number of hydrogen-bond donors (Lipinski definition) is 2. The van der Waals surface area contributed by atoms with Gasteiger partial charge >= 0.3 is 0 Å². The van der Waals surface area contributed by atoms with Crippen LogP contribution in [0.2, 0.25) is 0 Å². The van der Waals surface area contributed by atoms with E-state index in [2.05, 4.69) is 17.4 Å². The summed E-state index contributed by atoms with van der Waals surface area (Å²) in [4.78, 5) is 23.6. The first kappa shape index (κ1) is 17.5. The molecule has 1 aromatic heterocycles. The van der Waals surface area contributed by atoms with Crippen LogP contribution < -0.4 is 10.7 Å². The molecular formula is C21H19NO4. The fraction of sp³-hybridized carbons (Fsp3) is 0.143. The van der Waals surface area contributed by atoms with Crippen LogP contribution in [0, 0.1) is 6.92 Å². The van der Waals surface area contributed by atoms with Crippen LogP contribution >= 0.6 is 0 Å². The second-order valence-corrected chi connectivity index (χ2v) is 5.97. The van der Waals surface area contributed by atoms with Gasteiger partial charge in [0.1, 0.15) is 5.76 Å². The van der Waals surface area contributed by atoms with E-state index in [1.165, 1.54) is 0 Å². The maximum absolute atomic E-state index is 12.1. The minimum Gasteiger partial charge on any atom is -0.501 e. The standard InChI is InChI=1S/C21H19NO4/c1-14-13-18(23)19(24)20(26-14)21(25)22-12-11-15-7-9-17(10-8-15)16-5-3-2-4-6-16/h2-10,13,24H,11-12H2,1H3,(H,22,25). The molecule has 0 unspecified atom stereocenters. The molecule has 2 aromatic carbocycles. The SMILES string of the molecule is Cc1cc(=O)c(O)c(C(=O)NCCc2ccc(-c3ccccc3)cc2)o1. The molecule has 0 bridgehead atoms. The number of rotatable bonds is 5. The predicted molar refractivity (Wildman–Crippen MR) is 99.3 cm³/mol. The highest BCUT2D eigenvalue weighted by Crippen LogP contribution is 2.19. The lowest BCUT2D eigenvalue weighted by molar-refractivity contribution is 0.0917. The topological polar surface area (TPSA) is 79.5 Å². The first-order valence-corrected chi connectivity index (χ1v) is 8.31. The molecule has 132 valence electrons. The lowest BCUT2D eigenvalue weighted by Gasteiger charge is -2.07. The molecule has 0 aliphatic heterocycles. The molecule has 3 rings (SSSR count). The molecule has 1 heterocycles. The lowest BCUT2D eigenvalue weighted by Crippen LogP contribution is -2.26. The zero-order valence-electron chi connectivity index (χ0n) is 14.4. The molecule has 26 heavy (non-hydrogen) atoms. The summed E-state index contributed by atoms with van der Waals surface area (Å²) < 4.78 is 5.16. The van der Waals surface area contributed by atoms with Crippen molar-refractivity contribution in [2.45, 2.75) is 13.3 Å². The Bertz CT molecular complexity index is 960. The van der Waals surface area contributed by atoms with Crippen molar-refractivity contribution in [1.29, 1.82) is 0 Å². The molecule has 0 saturated heterocycles. The Morgan fingerprint density at radius 3 is 2.38 bits per heavy atom. The Balaban J connectivity index is 1.60. The second-order valence-electron chi connectivity index (χ2n) is 5.97. The van der Waals surface area contributed by atoms with Crippen molar-refractivity contribution in [2.75, 3.05) is 6.54 Å². The highest BCUT2D eigenvalue weighted by molar-refractivity contribution is 5.93. The van der Waals surface area contributed by atoms with Crippen molar-refractivity contribution in [2.24, 2.45) is 0 Å². The zero-order valence-corrected chi connectivity index (χ0v) is 14.4. The molecule has 5 heteroatoms. The number of benzene rings is 2. The summed E-state index contributed by atoms with van der Waals surface area (Å²) in [5.74, 6) is -1.35. The maximum atomic E-state index is 12.1. The van der Waals surface area contributed by atoms with Gasteiger partial charge < -0.3 is 14.8 Å². The summed E-state index contributed by atoms with van der Waals surface area (Å²) in [6.07, 6.45) is 0.623. The largest absolute Gasteiger partial charge is 0.501 e. The van der Waals surface area contributed by atoms with Gasteiger partial charge in [0.2, 0.25) is 16.9 Å². The smallest absolute Gasteiger partial charge is 0.291 e. The Hall–Kier alpha value is -3.34. The lowest BCUT2D eigenvalue weighted by atomic mass is 10.0. The van der Waals surface area contributed by atoms with Gasteiger partial charge in [-0.1, -0.05) is 54.6 Å².